The van der Waals surface area contributed by atoms with Gasteiger partial charge >= 0.3 is 12.2 Å². The molecule has 2 rings (SSSR count). The molecule has 1 atom stereocenters. The molecule has 1 unspecified atom stereocenters. The van der Waals surface area contributed by atoms with Gasteiger partial charge in [-0.2, -0.15) is 13.2 Å². The third-order valence-corrected chi connectivity index (χ3v) is 2.87. The van der Waals surface area contributed by atoms with E-state index in [2.05, 4.69) is 16.0 Å². The highest BCUT2D eigenvalue weighted by Crippen LogP contribution is 2.29. The number of urea groups is 1. The van der Waals surface area contributed by atoms with E-state index < -0.39 is 17.8 Å². The smallest absolute Gasteiger partial charge is 0.334 e. The first kappa shape index (κ1) is 13.7. The molecule has 1 saturated heterocycles. The van der Waals surface area contributed by atoms with Gasteiger partial charge in [0.2, 0.25) is 0 Å². The fourth-order valence-corrected chi connectivity index (χ4v) is 1.87. The van der Waals surface area contributed by atoms with Gasteiger partial charge in [0, 0.05) is 18.3 Å². The second-order valence-corrected chi connectivity index (χ2v) is 4.36. The number of carbonyl (C=O) groups is 1. The van der Waals surface area contributed by atoms with Gasteiger partial charge < -0.3 is 16.0 Å². The summed E-state index contributed by atoms with van der Waals surface area (Å²) in [7, 11) is 0. The van der Waals surface area contributed by atoms with Crippen molar-refractivity contribution in [2.24, 2.45) is 0 Å². The fraction of sp³-hybridized carbons (Fsp3) is 0.417. The van der Waals surface area contributed by atoms with Gasteiger partial charge in [0.15, 0.2) is 0 Å². The van der Waals surface area contributed by atoms with Crippen LogP contribution in [0.4, 0.5) is 23.7 Å². The lowest BCUT2D eigenvalue weighted by atomic mass is 10.2. The van der Waals surface area contributed by atoms with Gasteiger partial charge in [-0.3, -0.25) is 0 Å². The molecule has 0 saturated carbocycles. The Kier molecular flexibility index (Phi) is 3.94. The van der Waals surface area contributed by atoms with Crippen molar-refractivity contribution in [2.75, 3.05) is 18.4 Å². The number of benzene rings is 1. The summed E-state index contributed by atoms with van der Waals surface area (Å²) >= 11 is 0. The average Bonchev–Trinajstić information content (AvgIpc) is 2.81. The van der Waals surface area contributed by atoms with Crippen molar-refractivity contribution >= 4 is 11.7 Å². The Hall–Kier alpha value is -1.76. The van der Waals surface area contributed by atoms with Crippen LogP contribution in [0.3, 0.4) is 0 Å². The Morgan fingerprint density at radius 1 is 1.26 bits per heavy atom. The highest BCUT2D eigenvalue weighted by molar-refractivity contribution is 5.89. The summed E-state index contributed by atoms with van der Waals surface area (Å²) in [5.74, 6) is 0. The maximum Gasteiger partial charge on any atom is 0.416 e. The normalized spacial score (nSPS) is 19.2. The van der Waals surface area contributed by atoms with Crippen LogP contribution in [0.5, 0.6) is 0 Å². The Morgan fingerprint density at radius 3 is 2.47 bits per heavy atom. The molecule has 0 aromatic heterocycles. The molecule has 1 aliphatic heterocycles. The largest absolute Gasteiger partial charge is 0.416 e. The number of hydrogen-bond donors (Lipinski definition) is 3. The van der Waals surface area contributed by atoms with Crippen LogP contribution in [-0.2, 0) is 6.18 Å². The van der Waals surface area contributed by atoms with Crippen molar-refractivity contribution < 1.29 is 18.0 Å². The van der Waals surface area contributed by atoms with Gasteiger partial charge in [-0.15, -0.1) is 0 Å². The molecule has 19 heavy (non-hydrogen) atoms. The van der Waals surface area contributed by atoms with Gasteiger partial charge in [-0.1, -0.05) is 0 Å². The van der Waals surface area contributed by atoms with Crippen molar-refractivity contribution in [3.8, 4) is 0 Å². The van der Waals surface area contributed by atoms with Crippen molar-refractivity contribution in [1.82, 2.24) is 10.6 Å². The van der Waals surface area contributed by atoms with Gasteiger partial charge in [-0.05, 0) is 37.2 Å². The Balaban J connectivity index is 1.90. The monoisotopic (exact) mass is 273 g/mol. The standard InChI is InChI=1S/C12H14F3N3O/c13-12(14,15)8-1-3-9(4-2-8)17-11(19)18-10-5-6-16-7-10/h1-4,10,16H,5-7H2,(H2,17,18,19). The zero-order valence-electron chi connectivity index (χ0n) is 10.1. The molecule has 7 heteroatoms. The number of amides is 2. The van der Waals surface area contributed by atoms with Crippen molar-refractivity contribution in [3.63, 3.8) is 0 Å². The summed E-state index contributed by atoms with van der Waals surface area (Å²) in [6.45, 7) is 1.56. The lowest BCUT2D eigenvalue weighted by Gasteiger charge is -2.13. The summed E-state index contributed by atoms with van der Waals surface area (Å²) in [5.41, 5.74) is -0.407. The minimum atomic E-state index is -4.36. The van der Waals surface area contributed by atoms with E-state index in [9.17, 15) is 18.0 Å². The third-order valence-electron chi connectivity index (χ3n) is 2.87. The molecule has 0 aliphatic carbocycles. The quantitative estimate of drug-likeness (QED) is 0.773. The Labute approximate surface area is 108 Å². The molecular weight excluding hydrogens is 259 g/mol. The van der Waals surface area contributed by atoms with Crippen LogP contribution < -0.4 is 16.0 Å². The van der Waals surface area contributed by atoms with Gasteiger partial charge in [-0.25, -0.2) is 4.79 Å². The zero-order valence-corrected chi connectivity index (χ0v) is 10.1. The van der Waals surface area contributed by atoms with Crippen molar-refractivity contribution in [1.29, 1.82) is 0 Å². The summed E-state index contributed by atoms with van der Waals surface area (Å²) in [6, 6.07) is 3.99. The second kappa shape index (κ2) is 5.48. The van der Waals surface area contributed by atoms with E-state index in [1.54, 1.807) is 0 Å². The molecule has 3 N–H and O–H groups in total. The lowest BCUT2D eigenvalue weighted by Crippen LogP contribution is -2.39. The molecule has 1 aromatic carbocycles. The van der Waals surface area contributed by atoms with Crippen LogP contribution in [0.15, 0.2) is 24.3 Å². The predicted molar refractivity (Wildman–Crippen MR) is 64.9 cm³/mol. The van der Waals surface area contributed by atoms with E-state index in [0.717, 1.165) is 25.1 Å². The van der Waals surface area contributed by atoms with Crippen LogP contribution >= 0.6 is 0 Å². The van der Waals surface area contributed by atoms with Crippen molar-refractivity contribution in [2.45, 2.75) is 18.6 Å². The minimum absolute atomic E-state index is 0.0643. The van der Waals surface area contributed by atoms with Crippen LogP contribution in [-0.4, -0.2) is 25.2 Å². The zero-order chi connectivity index (χ0) is 13.9. The molecule has 0 bridgehead atoms. The fourth-order valence-electron chi connectivity index (χ4n) is 1.87. The molecule has 0 spiro atoms. The minimum Gasteiger partial charge on any atom is -0.334 e. The number of carbonyl (C=O) groups excluding carboxylic acids is 1. The van der Waals surface area contributed by atoms with Crippen LogP contribution in [0, 0.1) is 0 Å². The number of rotatable bonds is 2. The maximum atomic E-state index is 12.3. The summed E-state index contributed by atoms with van der Waals surface area (Å²) in [4.78, 5) is 11.6. The number of halogens is 3. The SMILES string of the molecule is O=C(Nc1ccc(C(F)(F)F)cc1)NC1CCNC1. The number of alkyl halides is 3. The predicted octanol–water partition coefficient (Wildman–Crippen LogP) is 2.19. The van der Waals surface area contributed by atoms with E-state index in [4.69, 9.17) is 0 Å². The molecule has 4 nitrogen and oxygen atoms in total. The highest BCUT2D eigenvalue weighted by atomic mass is 19.4. The van der Waals surface area contributed by atoms with Crippen LogP contribution in [0.2, 0.25) is 0 Å². The second-order valence-electron chi connectivity index (χ2n) is 4.36. The molecular formula is C12H14F3N3O. The van der Waals surface area contributed by atoms with Crippen molar-refractivity contribution in [3.05, 3.63) is 29.8 Å². The Morgan fingerprint density at radius 2 is 1.95 bits per heavy atom. The molecule has 1 fully saturated rings. The Bertz CT molecular complexity index is 439. The number of hydrogen-bond acceptors (Lipinski definition) is 2. The van der Waals surface area contributed by atoms with Gasteiger partial charge in [0.05, 0.1) is 5.56 Å². The molecule has 1 aliphatic rings. The van der Waals surface area contributed by atoms with E-state index in [-0.39, 0.29) is 6.04 Å². The summed E-state index contributed by atoms with van der Waals surface area (Å²) < 4.78 is 37.0. The van der Waals surface area contributed by atoms with Crippen LogP contribution in [0.1, 0.15) is 12.0 Å². The van der Waals surface area contributed by atoms with Gasteiger partial charge in [0.1, 0.15) is 0 Å². The average molecular weight is 273 g/mol. The van der Waals surface area contributed by atoms with Crippen LogP contribution in [0.25, 0.3) is 0 Å². The molecule has 0 radical (unpaired) electrons. The number of anilines is 1. The molecule has 1 heterocycles. The first-order valence-corrected chi connectivity index (χ1v) is 5.90. The molecule has 104 valence electrons. The summed E-state index contributed by atoms with van der Waals surface area (Å²) in [6.07, 6.45) is -3.52. The summed E-state index contributed by atoms with van der Waals surface area (Å²) in [5, 5.41) is 8.34. The lowest BCUT2D eigenvalue weighted by molar-refractivity contribution is -0.137. The number of nitrogens with one attached hydrogen (secondary N) is 3. The maximum absolute atomic E-state index is 12.3. The van der Waals surface area contributed by atoms with E-state index in [1.165, 1.54) is 12.1 Å². The highest BCUT2D eigenvalue weighted by Gasteiger charge is 2.30. The topological polar surface area (TPSA) is 53.2 Å². The van der Waals surface area contributed by atoms with E-state index in [0.29, 0.717) is 12.2 Å². The van der Waals surface area contributed by atoms with E-state index >= 15 is 0 Å². The first-order chi connectivity index (χ1) is 8.95. The first-order valence-electron chi connectivity index (χ1n) is 5.90. The van der Waals surface area contributed by atoms with E-state index in [1.807, 2.05) is 0 Å². The molecule has 1 aromatic rings. The molecule has 2 amide bonds. The van der Waals surface area contributed by atoms with Gasteiger partial charge in [0.25, 0.3) is 0 Å². The third kappa shape index (κ3) is 3.85.